The van der Waals surface area contributed by atoms with Crippen LogP contribution in [0, 0.1) is 6.92 Å². The summed E-state index contributed by atoms with van der Waals surface area (Å²) < 4.78 is 10.9. The second kappa shape index (κ2) is 5.19. The van der Waals surface area contributed by atoms with Crippen LogP contribution >= 0.6 is 11.8 Å². The monoisotopic (exact) mass is 253 g/mol. The molecule has 2 N–H and O–H groups in total. The van der Waals surface area contributed by atoms with E-state index >= 15 is 0 Å². The molecule has 0 aliphatic carbocycles. The minimum atomic E-state index is 0.0451. The minimum Gasteiger partial charge on any atom is -0.493 e. The second-order valence-electron chi connectivity index (χ2n) is 4.27. The van der Waals surface area contributed by atoms with Crippen molar-refractivity contribution in [2.45, 2.75) is 25.1 Å². The predicted octanol–water partition coefficient (Wildman–Crippen LogP) is 2.65. The number of benzene rings is 1. The highest BCUT2D eigenvalue weighted by Crippen LogP contribution is 2.42. The maximum absolute atomic E-state index is 6.27. The van der Waals surface area contributed by atoms with Crippen molar-refractivity contribution in [1.82, 2.24) is 0 Å². The van der Waals surface area contributed by atoms with E-state index in [4.69, 9.17) is 15.2 Å². The summed E-state index contributed by atoms with van der Waals surface area (Å²) in [5, 5.41) is 0. The summed E-state index contributed by atoms with van der Waals surface area (Å²) in [4.78, 5) is 0. The number of thioether (sulfide) groups is 1. The Bertz CT molecular complexity index is 420. The number of methoxy groups -OCH3 is 2. The number of fused-ring (bicyclic) bond motifs is 1. The first-order chi connectivity index (χ1) is 8.19. The van der Waals surface area contributed by atoms with Gasteiger partial charge in [0, 0.05) is 17.4 Å². The molecule has 1 atom stereocenters. The lowest BCUT2D eigenvalue weighted by Crippen LogP contribution is -2.14. The van der Waals surface area contributed by atoms with Gasteiger partial charge in [0.15, 0.2) is 11.5 Å². The minimum absolute atomic E-state index is 0.0451. The van der Waals surface area contributed by atoms with Gasteiger partial charge in [0.1, 0.15) is 0 Å². The number of aryl methyl sites for hydroxylation is 1. The van der Waals surface area contributed by atoms with Gasteiger partial charge in [0.25, 0.3) is 0 Å². The first kappa shape index (κ1) is 12.6. The van der Waals surface area contributed by atoms with Crippen molar-refractivity contribution in [2.24, 2.45) is 5.73 Å². The molecule has 1 aromatic carbocycles. The molecule has 0 amide bonds. The Morgan fingerprint density at radius 2 is 2.12 bits per heavy atom. The maximum Gasteiger partial charge on any atom is 0.165 e. The van der Waals surface area contributed by atoms with Crippen LogP contribution in [0.15, 0.2) is 6.07 Å². The van der Waals surface area contributed by atoms with Gasteiger partial charge in [-0.15, -0.1) is 0 Å². The topological polar surface area (TPSA) is 44.5 Å². The molecule has 1 aromatic rings. The van der Waals surface area contributed by atoms with Crippen molar-refractivity contribution < 1.29 is 9.47 Å². The summed E-state index contributed by atoms with van der Waals surface area (Å²) in [6.45, 7) is 2.11. The van der Waals surface area contributed by atoms with Gasteiger partial charge < -0.3 is 15.2 Å². The van der Waals surface area contributed by atoms with Gasteiger partial charge in [-0.3, -0.25) is 0 Å². The molecule has 1 heterocycles. The van der Waals surface area contributed by atoms with Crippen molar-refractivity contribution in [3.05, 3.63) is 22.8 Å². The first-order valence-electron chi connectivity index (χ1n) is 5.76. The number of hydrogen-bond donors (Lipinski definition) is 1. The van der Waals surface area contributed by atoms with Gasteiger partial charge in [-0.2, -0.15) is 11.8 Å². The molecule has 0 saturated carbocycles. The Labute approximate surface area is 107 Å². The lowest BCUT2D eigenvalue weighted by atomic mass is 9.94. The van der Waals surface area contributed by atoms with Crippen LogP contribution in [-0.4, -0.2) is 20.0 Å². The average molecular weight is 253 g/mol. The fraction of sp³-hybridized carbons (Fsp3) is 0.538. The molecule has 0 unspecified atom stereocenters. The zero-order valence-corrected chi connectivity index (χ0v) is 11.4. The van der Waals surface area contributed by atoms with Crippen LogP contribution in [-0.2, 0) is 5.75 Å². The van der Waals surface area contributed by atoms with E-state index in [0.717, 1.165) is 35.0 Å². The third kappa shape index (κ3) is 2.24. The zero-order chi connectivity index (χ0) is 12.4. The van der Waals surface area contributed by atoms with E-state index in [1.807, 2.05) is 17.8 Å². The normalized spacial score (nSPS) is 19.4. The molecule has 4 heteroatoms. The molecule has 0 aromatic heterocycles. The zero-order valence-electron chi connectivity index (χ0n) is 10.6. The van der Waals surface area contributed by atoms with Gasteiger partial charge in [-0.1, -0.05) is 0 Å². The quantitative estimate of drug-likeness (QED) is 0.880. The van der Waals surface area contributed by atoms with E-state index in [1.54, 1.807) is 14.2 Å². The van der Waals surface area contributed by atoms with Crippen LogP contribution < -0.4 is 15.2 Å². The van der Waals surface area contributed by atoms with Gasteiger partial charge >= 0.3 is 0 Å². The molecular weight excluding hydrogens is 234 g/mol. The summed E-state index contributed by atoms with van der Waals surface area (Å²) in [6, 6.07) is 2.08. The summed E-state index contributed by atoms with van der Waals surface area (Å²) in [6.07, 6.45) is 0.987. The highest BCUT2D eigenvalue weighted by atomic mass is 32.2. The summed E-state index contributed by atoms with van der Waals surface area (Å²) >= 11 is 1.93. The van der Waals surface area contributed by atoms with Crippen LogP contribution in [0.4, 0.5) is 0 Å². The smallest absolute Gasteiger partial charge is 0.165 e. The van der Waals surface area contributed by atoms with Crippen molar-refractivity contribution in [1.29, 1.82) is 0 Å². The third-order valence-electron chi connectivity index (χ3n) is 3.23. The highest BCUT2D eigenvalue weighted by molar-refractivity contribution is 7.98. The summed E-state index contributed by atoms with van der Waals surface area (Å²) in [7, 11) is 3.35. The fourth-order valence-corrected chi connectivity index (χ4v) is 3.46. The van der Waals surface area contributed by atoms with Gasteiger partial charge in [-0.25, -0.2) is 0 Å². The van der Waals surface area contributed by atoms with E-state index in [1.165, 1.54) is 11.1 Å². The number of rotatable bonds is 2. The lowest BCUT2D eigenvalue weighted by Gasteiger charge is -2.20. The molecule has 0 spiro atoms. The largest absolute Gasteiger partial charge is 0.493 e. The number of nitrogens with two attached hydrogens (primary N) is 1. The van der Waals surface area contributed by atoms with Gasteiger partial charge in [0.2, 0.25) is 0 Å². The SMILES string of the molecule is COc1cc(C)c2c(c1OC)[C@H](N)CCSC2. The molecular formula is C13H19NO2S. The van der Waals surface area contributed by atoms with E-state index in [-0.39, 0.29) is 6.04 Å². The van der Waals surface area contributed by atoms with Crippen molar-refractivity contribution >= 4 is 11.8 Å². The van der Waals surface area contributed by atoms with Crippen molar-refractivity contribution in [3.8, 4) is 11.5 Å². The molecule has 3 nitrogen and oxygen atoms in total. The van der Waals surface area contributed by atoms with Gasteiger partial charge in [-0.05, 0) is 36.3 Å². The molecule has 2 rings (SSSR count). The Morgan fingerprint density at radius 3 is 2.76 bits per heavy atom. The van der Waals surface area contributed by atoms with Crippen LogP contribution in [0.2, 0.25) is 0 Å². The van der Waals surface area contributed by atoms with E-state index in [9.17, 15) is 0 Å². The molecule has 0 saturated heterocycles. The number of hydrogen-bond acceptors (Lipinski definition) is 4. The number of ether oxygens (including phenoxy) is 2. The Hall–Kier alpha value is -0.870. The Balaban J connectivity index is 2.64. The Morgan fingerprint density at radius 1 is 1.35 bits per heavy atom. The average Bonchev–Trinajstić information content (AvgIpc) is 2.52. The van der Waals surface area contributed by atoms with Gasteiger partial charge in [0.05, 0.1) is 14.2 Å². The van der Waals surface area contributed by atoms with Crippen molar-refractivity contribution in [3.63, 3.8) is 0 Å². The lowest BCUT2D eigenvalue weighted by molar-refractivity contribution is 0.348. The summed E-state index contributed by atoms with van der Waals surface area (Å²) in [5.41, 5.74) is 9.96. The summed E-state index contributed by atoms with van der Waals surface area (Å²) in [5.74, 6) is 3.70. The second-order valence-corrected chi connectivity index (χ2v) is 5.37. The fourth-order valence-electron chi connectivity index (χ4n) is 2.31. The highest BCUT2D eigenvalue weighted by Gasteiger charge is 2.24. The molecule has 0 bridgehead atoms. The van der Waals surface area contributed by atoms with E-state index < -0.39 is 0 Å². The predicted molar refractivity (Wildman–Crippen MR) is 72.0 cm³/mol. The van der Waals surface area contributed by atoms with Crippen LogP contribution in [0.1, 0.15) is 29.2 Å². The Kier molecular flexibility index (Phi) is 3.84. The van der Waals surface area contributed by atoms with Crippen LogP contribution in [0.25, 0.3) is 0 Å². The standard InChI is InChI=1S/C13H19NO2S/c1-8-6-11(15-2)13(16-3)12-9(8)7-17-5-4-10(12)14/h6,10H,4-5,7,14H2,1-3H3/t10-/m1/s1. The van der Waals surface area contributed by atoms with E-state index in [0.29, 0.717) is 0 Å². The molecule has 1 aliphatic rings. The van der Waals surface area contributed by atoms with Crippen molar-refractivity contribution in [2.75, 3.05) is 20.0 Å². The third-order valence-corrected chi connectivity index (χ3v) is 4.25. The first-order valence-corrected chi connectivity index (χ1v) is 6.92. The molecule has 1 aliphatic heterocycles. The van der Waals surface area contributed by atoms with Crippen LogP contribution in [0.5, 0.6) is 11.5 Å². The maximum atomic E-state index is 6.27. The molecule has 94 valence electrons. The molecule has 17 heavy (non-hydrogen) atoms. The van der Waals surface area contributed by atoms with E-state index in [2.05, 4.69) is 6.92 Å². The molecule has 0 radical (unpaired) electrons. The van der Waals surface area contributed by atoms with Crippen LogP contribution in [0.3, 0.4) is 0 Å². The molecule has 0 fully saturated rings.